The first-order valence-electron chi connectivity index (χ1n) is 10.5. The van der Waals surface area contributed by atoms with E-state index in [2.05, 4.69) is 0 Å². The minimum atomic E-state index is -3.46. The van der Waals surface area contributed by atoms with Crippen LogP contribution in [0.15, 0.2) is 48.5 Å². The summed E-state index contributed by atoms with van der Waals surface area (Å²) in [4.78, 5) is 0. The minimum absolute atomic E-state index is 0.467. The topological polar surface area (TPSA) is 65.6 Å². The van der Waals surface area contributed by atoms with Crippen LogP contribution in [0.25, 0.3) is 0 Å². The maximum atomic E-state index is 14.9. The van der Waals surface area contributed by atoms with Gasteiger partial charge in [-0.2, -0.15) is 0 Å². The van der Waals surface area contributed by atoms with Gasteiger partial charge in [-0.05, 0) is 48.5 Å². The maximum Gasteiger partial charge on any atom is 0.351 e. The van der Waals surface area contributed by atoms with Crippen molar-refractivity contribution in [3.8, 4) is 0 Å². The normalized spacial score (nSPS) is 29.7. The van der Waals surface area contributed by atoms with E-state index in [1.165, 1.54) is 0 Å². The summed E-state index contributed by atoms with van der Waals surface area (Å²) in [5.74, 6) is 0. The van der Waals surface area contributed by atoms with Gasteiger partial charge in [0.25, 0.3) is 0 Å². The van der Waals surface area contributed by atoms with Crippen LogP contribution in [0.1, 0.15) is 0 Å². The average Bonchev–Trinajstić information content (AvgIpc) is 2.83. The molecule has 0 spiro atoms. The summed E-state index contributed by atoms with van der Waals surface area (Å²) in [6.07, 6.45) is 0. The van der Waals surface area contributed by atoms with Crippen molar-refractivity contribution >= 4 is 49.8 Å². The van der Waals surface area contributed by atoms with Crippen molar-refractivity contribution in [1.29, 1.82) is 0 Å². The van der Waals surface area contributed by atoms with Crippen LogP contribution in [0, 0.1) is 0 Å². The number of halogens is 2. The molecule has 2 aromatic rings. The van der Waals surface area contributed by atoms with Gasteiger partial charge in [0.15, 0.2) is 0 Å². The molecule has 3 heterocycles. The van der Waals surface area contributed by atoms with Crippen molar-refractivity contribution in [3.05, 3.63) is 58.6 Å². The van der Waals surface area contributed by atoms with E-state index in [1.54, 1.807) is 57.4 Å². The third-order valence-corrected chi connectivity index (χ3v) is 14.3. The summed E-state index contributed by atoms with van der Waals surface area (Å²) < 4.78 is 48.0. The first kappa shape index (κ1) is 22.7. The molecule has 3 saturated heterocycles. The van der Waals surface area contributed by atoms with Gasteiger partial charge in [-0.25, -0.2) is 18.2 Å². The molecule has 0 saturated carbocycles. The van der Waals surface area contributed by atoms with E-state index in [4.69, 9.17) is 32.7 Å². The lowest BCUT2D eigenvalue weighted by atomic mass is 10.3. The van der Waals surface area contributed by atoms with Crippen LogP contribution in [0.5, 0.6) is 0 Å². The zero-order valence-electron chi connectivity index (χ0n) is 17.3. The summed E-state index contributed by atoms with van der Waals surface area (Å²) in [5.41, 5.74) is 1.23. The highest BCUT2D eigenvalue weighted by Gasteiger charge is 2.70. The molecule has 3 fully saturated rings. The van der Waals surface area contributed by atoms with Crippen molar-refractivity contribution in [2.75, 3.05) is 61.5 Å². The lowest BCUT2D eigenvalue weighted by Gasteiger charge is -2.62. The Morgan fingerprint density at radius 2 is 0.906 bits per heavy atom. The van der Waals surface area contributed by atoms with Crippen LogP contribution in [0.4, 0.5) is 11.4 Å². The smallest absolute Gasteiger partial charge is 0.351 e. The van der Waals surface area contributed by atoms with E-state index >= 15 is 0 Å². The van der Waals surface area contributed by atoms with Crippen LogP contribution in [0.2, 0.25) is 10.0 Å². The second-order valence-corrected chi connectivity index (χ2v) is 14.0. The Hall–Kier alpha value is -1.08. The molecule has 172 valence electrons. The predicted octanol–water partition coefficient (Wildman–Crippen LogP) is 5.20. The van der Waals surface area contributed by atoms with Crippen LogP contribution >= 0.6 is 38.4 Å². The van der Waals surface area contributed by atoms with Crippen molar-refractivity contribution < 1.29 is 18.6 Å². The Morgan fingerprint density at radius 1 is 0.594 bits per heavy atom. The number of ether oxygens (including phenoxy) is 2. The third kappa shape index (κ3) is 3.62. The standard InChI is InChI=1S/C20H24Cl2N4O4P2/c21-17-1-5-19(6-2-17)25-31(27,23-9-13-29-14-10-23)26(20-7-3-18(22)4-8-20)32(25,28)24-11-15-30-16-12-24/h1-8H,9-16H2. The van der Waals surface area contributed by atoms with Crippen LogP contribution in [-0.2, 0) is 18.6 Å². The number of morpholine rings is 2. The van der Waals surface area contributed by atoms with Crippen LogP contribution < -0.4 is 8.88 Å². The van der Waals surface area contributed by atoms with Gasteiger partial charge in [-0.1, -0.05) is 23.2 Å². The van der Waals surface area contributed by atoms with Crippen molar-refractivity contribution in [2.45, 2.75) is 0 Å². The van der Waals surface area contributed by atoms with Gasteiger partial charge in [0.1, 0.15) is 0 Å². The van der Waals surface area contributed by atoms with Gasteiger partial charge in [-0.15, -0.1) is 0 Å². The fourth-order valence-electron chi connectivity index (χ4n) is 4.29. The van der Waals surface area contributed by atoms with Gasteiger partial charge in [0.2, 0.25) is 0 Å². The average molecular weight is 517 g/mol. The number of rotatable bonds is 4. The summed E-state index contributed by atoms with van der Waals surface area (Å²) in [7, 11) is -6.93. The summed E-state index contributed by atoms with van der Waals surface area (Å²) in [5, 5.41) is 1.12. The quantitative estimate of drug-likeness (QED) is 0.513. The molecule has 0 unspecified atom stereocenters. The number of nitrogens with zero attached hydrogens (tertiary/aromatic N) is 4. The lowest BCUT2D eigenvalue weighted by molar-refractivity contribution is 0.0686. The summed E-state index contributed by atoms with van der Waals surface area (Å²) >= 11 is 12.2. The van der Waals surface area contributed by atoms with E-state index in [-0.39, 0.29) is 0 Å². The summed E-state index contributed by atoms with van der Waals surface area (Å²) in [6.45, 7) is 3.79. The zero-order chi connectivity index (χ0) is 22.3. The molecule has 0 N–H and O–H groups in total. The molecule has 2 aromatic carbocycles. The Morgan fingerprint density at radius 3 is 1.22 bits per heavy atom. The predicted molar refractivity (Wildman–Crippen MR) is 128 cm³/mol. The zero-order valence-corrected chi connectivity index (χ0v) is 20.6. The van der Waals surface area contributed by atoms with Gasteiger partial charge < -0.3 is 9.47 Å². The lowest BCUT2D eigenvalue weighted by Crippen LogP contribution is -2.57. The number of hydrogen-bond donors (Lipinski definition) is 0. The molecule has 12 heteroatoms. The Labute approximate surface area is 197 Å². The molecule has 0 aliphatic carbocycles. The molecule has 32 heavy (non-hydrogen) atoms. The highest BCUT2D eigenvalue weighted by atomic mass is 35.5. The minimum Gasteiger partial charge on any atom is -0.379 e. The van der Waals surface area contributed by atoms with Crippen molar-refractivity contribution in [3.63, 3.8) is 0 Å². The monoisotopic (exact) mass is 516 g/mol. The number of benzene rings is 2. The molecule has 5 rings (SSSR count). The molecule has 0 atom stereocenters. The molecule has 8 nitrogen and oxygen atoms in total. The SMILES string of the molecule is O=P1(N2CCOCC2)N(c2ccc(Cl)cc2)P(=O)(N2CCOCC2)N1c1ccc(Cl)cc1. The molecule has 0 radical (unpaired) electrons. The van der Waals surface area contributed by atoms with Gasteiger partial charge in [0.05, 0.1) is 37.8 Å². The third-order valence-electron chi connectivity index (χ3n) is 5.81. The molecular formula is C20H24Cl2N4O4P2. The highest BCUT2D eigenvalue weighted by molar-refractivity contribution is 7.98. The van der Waals surface area contributed by atoms with E-state index in [0.717, 1.165) is 0 Å². The first-order chi connectivity index (χ1) is 15.5. The summed E-state index contributed by atoms with van der Waals surface area (Å²) in [6, 6.07) is 14.0. The first-order valence-corrected chi connectivity index (χ1v) is 14.3. The van der Waals surface area contributed by atoms with Crippen molar-refractivity contribution in [2.24, 2.45) is 0 Å². The number of anilines is 2. The molecular weight excluding hydrogens is 493 g/mol. The van der Waals surface area contributed by atoms with E-state index in [0.29, 0.717) is 74.0 Å². The largest absolute Gasteiger partial charge is 0.379 e. The molecule has 3 aliphatic heterocycles. The van der Waals surface area contributed by atoms with Gasteiger partial charge in [-0.3, -0.25) is 9.13 Å². The molecule has 0 aromatic heterocycles. The second kappa shape index (κ2) is 8.94. The Balaban J connectivity index is 1.68. The molecule has 3 aliphatic rings. The van der Waals surface area contributed by atoms with Crippen LogP contribution in [0.3, 0.4) is 0 Å². The molecule has 0 bridgehead atoms. The fraction of sp³-hybridized carbons (Fsp3) is 0.400. The van der Waals surface area contributed by atoms with E-state index in [1.807, 2.05) is 9.34 Å². The van der Waals surface area contributed by atoms with E-state index < -0.39 is 15.2 Å². The maximum absolute atomic E-state index is 14.9. The van der Waals surface area contributed by atoms with Gasteiger partial charge in [0, 0.05) is 36.2 Å². The fourth-order valence-corrected chi connectivity index (χ4v) is 13.2. The Kier molecular flexibility index (Phi) is 6.34. The van der Waals surface area contributed by atoms with Crippen molar-refractivity contribution in [1.82, 2.24) is 9.34 Å². The van der Waals surface area contributed by atoms with Gasteiger partial charge >= 0.3 is 15.2 Å². The van der Waals surface area contributed by atoms with E-state index in [9.17, 15) is 9.13 Å². The highest BCUT2D eigenvalue weighted by Crippen LogP contribution is 2.89. The Bertz CT molecular complexity index is 959. The molecule has 0 amide bonds. The number of hydrogen-bond acceptors (Lipinski definition) is 4. The second-order valence-electron chi connectivity index (χ2n) is 7.69. The van der Waals surface area contributed by atoms with Crippen LogP contribution in [-0.4, -0.2) is 61.9 Å².